The first kappa shape index (κ1) is 26.1. The van der Waals surface area contributed by atoms with E-state index in [4.69, 9.17) is 14.5 Å². The summed E-state index contributed by atoms with van der Waals surface area (Å²) in [6.07, 6.45) is 0.331. The average Bonchev–Trinajstić information content (AvgIpc) is 3.33. The number of carbonyl (C=O) groups is 1. The van der Waals surface area contributed by atoms with E-state index in [1.165, 1.54) is 5.56 Å². The number of anilines is 1. The van der Waals surface area contributed by atoms with E-state index in [0.29, 0.717) is 13.0 Å². The van der Waals surface area contributed by atoms with Gasteiger partial charge in [0.1, 0.15) is 5.75 Å². The van der Waals surface area contributed by atoms with Gasteiger partial charge in [0.2, 0.25) is 5.91 Å². The molecule has 188 valence electrons. The van der Waals surface area contributed by atoms with Gasteiger partial charge >= 0.3 is 0 Å². The Bertz CT molecular complexity index is 1270. The Kier molecular flexibility index (Phi) is 8.93. The molecule has 0 radical (unpaired) electrons. The van der Waals surface area contributed by atoms with Gasteiger partial charge in [0.15, 0.2) is 5.13 Å². The van der Waals surface area contributed by atoms with Gasteiger partial charge in [-0.2, -0.15) is 0 Å². The molecule has 36 heavy (non-hydrogen) atoms. The second-order valence-electron chi connectivity index (χ2n) is 8.57. The quantitative estimate of drug-likeness (QED) is 0.313. The van der Waals surface area contributed by atoms with Crippen molar-refractivity contribution in [2.24, 2.45) is 0 Å². The van der Waals surface area contributed by atoms with E-state index in [1.807, 2.05) is 53.4 Å². The molecule has 4 aromatic rings. The van der Waals surface area contributed by atoms with E-state index in [1.54, 1.807) is 18.4 Å². The number of aromatic nitrogens is 1. The Morgan fingerprint density at radius 3 is 2.47 bits per heavy atom. The van der Waals surface area contributed by atoms with Gasteiger partial charge in [0, 0.05) is 32.2 Å². The van der Waals surface area contributed by atoms with E-state index in [2.05, 4.69) is 29.2 Å². The Hall–Kier alpha value is -2.97. The van der Waals surface area contributed by atoms with E-state index < -0.39 is 0 Å². The number of hydrogen-bond donors (Lipinski definition) is 0. The van der Waals surface area contributed by atoms with Gasteiger partial charge in [-0.3, -0.25) is 14.6 Å². The predicted octanol–water partition coefficient (Wildman–Crippen LogP) is 5.30. The molecule has 3 aromatic carbocycles. The minimum Gasteiger partial charge on any atom is -0.497 e. The van der Waals surface area contributed by atoms with Crippen molar-refractivity contribution >= 4 is 45.0 Å². The minimum absolute atomic E-state index is 0. The molecule has 5 rings (SSSR count). The highest BCUT2D eigenvalue weighted by Crippen LogP contribution is 2.31. The zero-order valence-electron chi connectivity index (χ0n) is 20.3. The van der Waals surface area contributed by atoms with Crippen LogP contribution in [0.25, 0.3) is 21.3 Å². The molecular weight excluding hydrogens is 494 g/mol. The van der Waals surface area contributed by atoms with Gasteiger partial charge in [0.05, 0.1) is 37.0 Å². The van der Waals surface area contributed by atoms with Crippen molar-refractivity contribution < 1.29 is 14.3 Å². The number of fused-ring (bicyclic) bond motifs is 1. The zero-order chi connectivity index (χ0) is 24.0. The van der Waals surface area contributed by atoms with Gasteiger partial charge < -0.3 is 9.47 Å². The standard InChI is InChI=1S/C28H29N3O3S.ClH/c1-33-24-11-12-26-25(20-24)29-28(35-26)31(14-13-30-15-17-34-18-16-30)27(32)19-21-7-9-23(10-8-21)22-5-3-2-4-6-22;/h2-12,20H,13-19H2,1H3;1H. The Morgan fingerprint density at radius 2 is 1.75 bits per heavy atom. The number of carbonyl (C=O) groups excluding carboxylic acids is 1. The predicted molar refractivity (Wildman–Crippen MR) is 149 cm³/mol. The van der Waals surface area contributed by atoms with Crippen LogP contribution in [0.15, 0.2) is 72.8 Å². The number of ether oxygens (including phenoxy) is 2. The number of halogens is 1. The van der Waals surface area contributed by atoms with E-state index in [0.717, 1.165) is 65.1 Å². The van der Waals surface area contributed by atoms with E-state index >= 15 is 0 Å². The van der Waals surface area contributed by atoms with Crippen molar-refractivity contribution in [3.05, 3.63) is 78.4 Å². The maximum atomic E-state index is 13.6. The molecule has 1 aromatic heterocycles. The molecule has 1 saturated heterocycles. The summed E-state index contributed by atoms with van der Waals surface area (Å²) in [6.45, 7) is 4.64. The maximum Gasteiger partial charge on any atom is 0.233 e. The number of thiazole rings is 1. The van der Waals surface area contributed by atoms with Crippen LogP contribution in [0.2, 0.25) is 0 Å². The summed E-state index contributed by atoms with van der Waals surface area (Å²) in [5.74, 6) is 0.816. The van der Waals surface area contributed by atoms with Crippen LogP contribution in [0.3, 0.4) is 0 Å². The molecule has 1 fully saturated rings. The van der Waals surface area contributed by atoms with Crippen LogP contribution >= 0.6 is 23.7 Å². The van der Waals surface area contributed by atoms with Gasteiger partial charge in [-0.15, -0.1) is 12.4 Å². The van der Waals surface area contributed by atoms with Crippen molar-refractivity contribution in [3.8, 4) is 16.9 Å². The number of amides is 1. The summed E-state index contributed by atoms with van der Waals surface area (Å²) in [4.78, 5) is 22.6. The third-order valence-electron chi connectivity index (χ3n) is 6.28. The van der Waals surface area contributed by atoms with Crippen LogP contribution in [0, 0.1) is 0 Å². The molecule has 0 aliphatic carbocycles. The van der Waals surface area contributed by atoms with Crippen molar-refractivity contribution in [3.63, 3.8) is 0 Å². The van der Waals surface area contributed by atoms with Crippen molar-refractivity contribution in [1.82, 2.24) is 9.88 Å². The molecule has 1 aliphatic rings. The summed E-state index contributed by atoms with van der Waals surface area (Å²) >= 11 is 1.55. The molecule has 0 spiro atoms. The lowest BCUT2D eigenvalue weighted by molar-refractivity contribution is -0.118. The van der Waals surface area contributed by atoms with E-state index in [-0.39, 0.29) is 18.3 Å². The first-order valence-corrected chi connectivity index (χ1v) is 12.7. The SMILES string of the molecule is COc1ccc2sc(N(CCN3CCOCC3)C(=O)Cc3ccc(-c4ccccc4)cc3)nc2c1.Cl. The number of nitrogens with zero attached hydrogens (tertiary/aromatic N) is 3. The summed E-state index contributed by atoms with van der Waals surface area (Å²) in [6, 6.07) is 24.4. The van der Waals surface area contributed by atoms with Crippen molar-refractivity contribution in [2.45, 2.75) is 6.42 Å². The molecule has 0 N–H and O–H groups in total. The fourth-order valence-electron chi connectivity index (χ4n) is 4.25. The van der Waals surface area contributed by atoms with Crippen LogP contribution in [-0.4, -0.2) is 62.3 Å². The smallest absolute Gasteiger partial charge is 0.233 e. The second-order valence-corrected chi connectivity index (χ2v) is 9.58. The number of rotatable bonds is 8. The number of hydrogen-bond acceptors (Lipinski definition) is 6. The van der Waals surface area contributed by atoms with Gasteiger partial charge in [-0.05, 0) is 28.8 Å². The number of methoxy groups -OCH3 is 1. The summed E-state index contributed by atoms with van der Waals surface area (Å²) < 4.78 is 11.9. The van der Waals surface area contributed by atoms with Crippen LogP contribution < -0.4 is 9.64 Å². The lowest BCUT2D eigenvalue weighted by Crippen LogP contribution is -2.43. The molecule has 2 heterocycles. The van der Waals surface area contributed by atoms with Gasteiger partial charge in [0.25, 0.3) is 0 Å². The lowest BCUT2D eigenvalue weighted by Gasteiger charge is -2.29. The van der Waals surface area contributed by atoms with Gasteiger partial charge in [-0.25, -0.2) is 4.98 Å². The summed E-state index contributed by atoms with van der Waals surface area (Å²) in [7, 11) is 1.65. The number of benzene rings is 3. The molecule has 8 heteroatoms. The molecule has 0 saturated carbocycles. The van der Waals surface area contributed by atoms with Crippen molar-refractivity contribution in [1.29, 1.82) is 0 Å². The highest BCUT2D eigenvalue weighted by Gasteiger charge is 2.22. The van der Waals surface area contributed by atoms with Gasteiger partial charge in [-0.1, -0.05) is 65.9 Å². The third-order valence-corrected chi connectivity index (χ3v) is 7.33. The average molecular weight is 524 g/mol. The topological polar surface area (TPSA) is 54.9 Å². The first-order valence-electron chi connectivity index (χ1n) is 11.9. The Labute approximate surface area is 221 Å². The molecule has 0 unspecified atom stereocenters. The molecule has 1 amide bonds. The maximum absolute atomic E-state index is 13.6. The van der Waals surface area contributed by atoms with Crippen molar-refractivity contribution in [2.75, 3.05) is 51.4 Å². The molecule has 6 nitrogen and oxygen atoms in total. The van der Waals surface area contributed by atoms with Crippen LogP contribution in [0.4, 0.5) is 5.13 Å². The summed E-state index contributed by atoms with van der Waals surface area (Å²) in [5, 5.41) is 0.729. The van der Waals surface area contributed by atoms with Crippen LogP contribution in [0.1, 0.15) is 5.56 Å². The Balaban J connectivity index is 0.00000304. The lowest BCUT2D eigenvalue weighted by atomic mass is 10.0. The normalized spacial score (nSPS) is 13.8. The fraction of sp³-hybridized carbons (Fsp3) is 0.286. The highest BCUT2D eigenvalue weighted by atomic mass is 35.5. The fourth-order valence-corrected chi connectivity index (χ4v) is 5.24. The summed E-state index contributed by atoms with van der Waals surface area (Å²) in [5.41, 5.74) is 4.16. The molecule has 0 atom stereocenters. The monoisotopic (exact) mass is 523 g/mol. The first-order chi connectivity index (χ1) is 17.2. The van der Waals surface area contributed by atoms with E-state index in [9.17, 15) is 4.79 Å². The molecule has 0 bridgehead atoms. The molecule has 1 aliphatic heterocycles. The zero-order valence-corrected chi connectivity index (χ0v) is 21.9. The van der Waals surface area contributed by atoms with Crippen LogP contribution in [-0.2, 0) is 16.0 Å². The minimum atomic E-state index is 0. The third kappa shape index (κ3) is 6.23. The Morgan fingerprint density at radius 1 is 1.03 bits per heavy atom. The molecular formula is C28H30ClN3O3S. The highest BCUT2D eigenvalue weighted by molar-refractivity contribution is 7.22. The largest absolute Gasteiger partial charge is 0.497 e. The van der Waals surface area contributed by atoms with Crippen LogP contribution in [0.5, 0.6) is 5.75 Å². The number of morpholine rings is 1. The second kappa shape index (κ2) is 12.3.